The Hall–Kier alpha value is -4.03. The van der Waals surface area contributed by atoms with Crippen LogP contribution in [0.25, 0.3) is 10.9 Å². The van der Waals surface area contributed by atoms with Crippen molar-refractivity contribution in [1.82, 2.24) is 20.1 Å². The van der Waals surface area contributed by atoms with Crippen molar-refractivity contribution >= 4 is 30.9 Å². The van der Waals surface area contributed by atoms with E-state index >= 15 is 0 Å². The molecule has 1 aliphatic carbocycles. The van der Waals surface area contributed by atoms with Gasteiger partial charge >= 0.3 is 6.18 Å². The molecule has 1 fully saturated rings. The van der Waals surface area contributed by atoms with Crippen LogP contribution in [-0.2, 0) is 30.3 Å². The van der Waals surface area contributed by atoms with Gasteiger partial charge in [-0.2, -0.15) is 18.3 Å². The lowest BCUT2D eigenvalue weighted by molar-refractivity contribution is -0.141. The summed E-state index contributed by atoms with van der Waals surface area (Å²) < 4.78 is 51.0. The summed E-state index contributed by atoms with van der Waals surface area (Å²) in [4.78, 5) is 20.5. The Bertz CT molecular complexity index is 1700. The quantitative estimate of drug-likeness (QED) is 0.153. The Morgan fingerprint density at radius 3 is 2.32 bits per heavy atom. The Balaban J connectivity index is 1.44. The molecule has 1 aliphatic rings. The SMILES string of the molecule is COc1ccc(CNc2cc(CO[Si](C)(C)C(C)(C)C)c3cc(C(=O)N(Cc4ccc(C(F)(F)F)nn4)CC4CC4)ccc3n2)cc1. The summed E-state index contributed by atoms with van der Waals surface area (Å²) in [6.07, 6.45) is -2.57. The molecule has 5 rings (SSSR count). The number of anilines is 1. The number of carbonyl (C=O) groups is 1. The lowest BCUT2D eigenvalue weighted by Gasteiger charge is -2.36. The largest absolute Gasteiger partial charge is 0.497 e. The number of nitrogens with zero attached hydrogens (tertiary/aromatic N) is 4. The Morgan fingerprint density at radius 1 is 1.00 bits per heavy atom. The van der Waals surface area contributed by atoms with Gasteiger partial charge in [0.15, 0.2) is 14.0 Å². The van der Waals surface area contributed by atoms with E-state index in [1.54, 1.807) is 18.1 Å². The standard InChI is InChI=1S/C35H42F3N5O3Si/c1-34(2,3)47(5,6)46-22-26-18-32(39-19-23-9-13-28(45-4)14-10-23)40-30-15-11-25(17-29(26)30)33(44)43(20-24-7-8-24)21-27-12-16-31(42-41-27)35(36,37)38/h9-18,24H,7-8,19-22H2,1-6H3,(H,39,40). The molecule has 47 heavy (non-hydrogen) atoms. The molecule has 0 spiro atoms. The summed E-state index contributed by atoms with van der Waals surface area (Å²) in [6.45, 7) is 12.5. The van der Waals surface area contributed by atoms with Crippen molar-refractivity contribution in [2.45, 2.75) is 77.6 Å². The van der Waals surface area contributed by atoms with Gasteiger partial charge in [-0.25, -0.2) is 4.98 Å². The second-order valence-electron chi connectivity index (χ2n) is 13.7. The Kier molecular flexibility index (Phi) is 9.93. The van der Waals surface area contributed by atoms with Crippen molar-refractivity contribution in [1.29, 1.82) is 0 Å². The van der Waals surface area contributed by atoms with E-state index in [4.69, 9.17) is 14.1 Å². The summed E-state index contributed by atoms with van der Waals surface area (Å²) >= 11 is 0. The molecule has 0 radical (unpaired) electrons. The lowest BCUT2D eigenvalue weighted by Crippen LogP contribution is -2.40. The summed E-state index contributed by atoms with van der Waals surface area (Å²) in [7, 11) is -0.472. The van der Waals surface area contributed by atoms with E-state index in [0.29, 0.717) is 42.7 Å². The minimum absolute atomic E-state index is 0.0108. The zero-order chi connectivity index (χ0) is 34.0. The normalized spacial score (nSPS) is 13.9. The first-order chi connectivity index (χ1) is 22.1. The van der Waals surface area contributed by atoms with Crippen molar-refractivity contribution in [2.75, 3.05) is 19.0 Å². The van der Waals surface area contributed by atoms with Crippen LogP contribution >= 0.6 is 0 Å². The monoisotopic (exact) mass is 665 g/mol. The average molecular weight is 666 g/mol. The van der Waals surface area contributed by atoms with Crippen LogP contribution < -0.4 is 10.1 Å². The first-order valence-corrected chi connectivity index (χ1v) is 18.7. The first-order valence-electron chi connectivity index (χ1n) is 15.8. The van der Waals surface area contributed by atoms with Crippen molar-refractivity contribution in [3.8, 4) is 5.75 Å². The van der Waals surface area contributed by atoms with E-state index < -0.39 is 20.2 Å². The molecule has 4 aromatic rings. The molecule has 1 saturated carbocycles. The summed E-state index contributed by atoms with van der Waals surface area (Å²) in [6, 6.07) is 17.4. The highest BCUT2D eigenvalue weighted by Gasteiger charge is 2.37. The maximum Gasteiger partial charge on any atom is 0.435 e. The first kappa shape index (κ1) is 34.3. The van der Waals surface area contributed by atoms with Crippen LogP contribution in [-0.4, -0.2) is 48.0 Å². The molecule has 2 aromatic carbocycles. The van der Waals surface area contributed by atoms with Crippen LogP contribution in [0.5, 0.6) is 5.75 Å². The van der Waals surface area contributed by atoms with Gasteiger partial charge < -0.3 is 19.4 Å². The molecular formula is C35H42F3N5O3Si. The Labute approximate surface area is 274 Å². The van der Waals surface area contributed by atoms with Gasteiger partial charge in [-0.05, 0) is 96.5 Å². The number of hydrogen-bond donors (Lipinski definition) is 1. The number of fused-ring (bicyclic) bond motifs is 1. The van der Waals surface area contributed by atoms with Gasteiger partial charge in [0.2, 0.25) is 0 Å². The van der Waals surface area contributed by atoms with Crippen LogP contribution in [0.3, 0.4) is 0 Å². The van der Waals surface area contributed by atoms with E-state index in [2.05, 4.69) is 49.4 Å². The van der Waals surface area contributed by atoms with Crippen LogP contribution in [0.1, 0.15) is 66.5 Å². The molecule has 0 bridgehead atoms. The van der Waals surface area contributed by atoms with Gasteiger partial charge in [-0.3, -0.25) is 4.79 Å². The zero-order valence-corrected chi connectivity index (χ0v) is 28.7. The van der Waals surface area contributed by atoms with Crippen LogP contribution in [0.4, 0.5) is 19.0 Å². The van der Waals surface area contributed by atoms with Crippen LogP contribution in [0, 0.1) is 5.92 Å². The summed E-state index contributed by atoms with van der Waals surface area (Å²) in [5.74, 6) is 1.61. The van der Waals surface area contributed by atoms with Gasteiger partial charge in [0, 0.05) is 24.0 Å². The van der Waals surface area contributed by atoms with Crippen LogP contribution in [0.15, 0.2) is 60.7 Å². The minimum Gasteiger partial charge on any atom is -0.497 e. The minimum atomic E-state index is -4.58. The van der Waals surface area contributed by atoms with E-state index in [-0.39, 0.29) is 17.5 Å². The fourth-order valence-corrected chi connectivity index (χ4v) is 5.80. The average Bonchev–Trinajstić information content (AvgIpc) is 3.85. The number of amides is 1. The fraction of sp³-hybridized carbons (Fsp3) is 0.429. The van der Waals surface area contributed by atoms with Crippen LogP contribution in [0.2, 0.25) is 18.1 Å². The maximum atomic E-state index is 13.9. The van der Waals surface area contributed by atoms with Crippen molar-refractivity contribution in [3.05, 3.63) is 88.7 Å². The second-order valence-corrected chi connectivity index (χ2v) is 18.5. The summed E-state index contributed by atoms with van der Waals surface area (Å²) in [5, 5.41) is 11.4. The second kappa shape index (κ2) is 13.6. The third-order valence-corrected chi connectivity index (χ3v) is 13.5. The highest BCUT2D eigenvalue weighted by atomic mass is 28.4. The Morgan fingerprint density at radius 2 is 1.72 bits per heavy atom. The predicted molar refractivity (Wildman–Crippen MR) is 179 cm³/mol. The zero-order valence-electron chi connectivity index (χ0n) is 27.7. The number of benzene rings is 2. The molecule has 0 aliphatic heterocycles. The molecule has 1 N–H and O–H groups in total. The van der Waals surface area contributed by atoms with Crippen molar-refractivity contribution in [2.24, 2.45) is 5.92 Å². The fourth-order valence-electron chi connectivity index (χ4n) is 4.85. The van der Waals surface area contributed by atoms with E-state index in [1.165, 1.54) is 6.07 Å². The van der Waals surface area contributed by atoms with Gasteiger partial charge in [0.25, 0.3) is 5.91 Å². The smallest absolute Gasteiger partial charge is 0.435 e. The maximum absolute atomic E-state index is 13.9. The molecule has 8 nitrogen and oxygen atoms in total. The number of hydrogen-bond acceptors (Lipinski definition) is 7. The molecular weight excluding hydrogens is 623 g/mol. The number of aromatic nitrogens is 3. The van der Waals surface area contributed by atoms with Gasteiger partial charge in [-0.15, -0.1) is 5.10 Å². The molecule has 250 valence electrons. The highest BCUT2D eigenvalue weighted by Crippen LogP contribution is 2.38. The number of alkyl halides is 3. The predicted octanol–water partition coefficient (Wildman–Crippen LogP) is 8.24. The number of methoxy groups -OCH3 is 1. The lowest BCUT2D eigenvalue weighted by atomic mass is 10.0. The van der Waals surface area contributed by atoms with Crippen molar-refractivity contribution < 1.29 is 27.1 Å². The third-order valence-electron chi connectivity index (χ3n) is 8.99. The third kappa shape index (κ3) is 8.66. The molecule has 0 atom stereocenters. The number of carbonyl (C=O) groups excluding carboxylic acids is 1. The number of pyridine rings is 1. The van der Waals surface area contributed by atoms with Crippen molar-refractivity contribution in [3.63, 3.8) is 0 Å². The number of rotatable bonds is 12. The molecule has 12 heteroatoms. The number of ether oxygens (including phenoxy) is 1. The topological polar surface area (TPSA) is 89.5 Å². The number of halogens is 3. The van der Waals surface area contributed by atoms with E-state index in [1.807, 2.05) is 42.5 Å². The molecule has 0 saturated heterocycles. The van der Waals surface area contributed by atoms with E-state index in [9.17, 15) is 18.0 Å². The molecule has 0 unspecified atom stereocenters. The van der Waals surface area contributed by atoms with Gasteiger partial charge in [0.1, 0.15) is 11.6 Å². The number of nitrogens with one attached hydrogen (secondary N) is 1. The van der Waals surface area contributed by atoms with Gasteiger partial charge in [0.05, 0.1) is 31.5 Å². The molecule has 1 amide bonds. The highest BCUT2D eigenvalue weighted by molar-refractivity contribution is 6.74. The van der Waals surface area contributed by atoms with E-state index in [0.717, 1.165) is 46.7 Å². The summed E-state index contributed by atoms with van der Waals surface area (Å²) in [5.41, 5.74) is 2.40. The molecule has 2 aromatic heterocycles. The van der Waals surface area contributed by atoms with Gasteiger partial charge in [-0.1, -0.05) is 32.9 Å². The molecule has 2 heterocycles.